The second kappa shape index (κ2) is 14.7. The summed E-state index contributed by atoms with van der Waals surface area (Å²) in [5.74, 6) is -0.177. The summed E-state index contributed by atoms with van der Waals surface area (Å²) in [7, 11) is -3.00. The molecule has 0 spiro atoms. The maximum atomic E-state index is 14.6. The van der Waals surface area contributed by atoms with Gasteiger partial charge in [-0.3, -0.25) is 4.57 Å². The summed E-state index contributed by atoms with van der Waals surface area (Å²) < 4.78 is 71.0. The van der Waals surface area contributed by atoms with E-state index in [1.54, 1.807) is 0 Å². The Kier molecular flexibility index (Phi) is 12.0. The lowest BCUT2D eigenvalue weighted by Gasteiger charge is -2.38. The lowest BCUT2D eigenvalue weighted by molar-refractivity contribution is -0.139. The Morgan fingerprint density at radius 1 is 1.05 bits per heavy atom. The van der Waals surface area contributed by atoms with Crippen LogP contribution in [-0.2, 0) is 27.2 Å². The average molecular weight is 562 g/mol. The third-order valence-corrected chi connectivity index (χ3v) is 8.59. The summed E-state index contributed by atoms with van der Waals surface area (Å²) in [6.07, 6.45) is 4.47. The minimum Gasteiger partial charge on any atom is -0.326 e. The van der Waals surface area contributed by atoms with Gasteiger partial charge in [0.05, 0.1) is 12.2 Å². The monoisotopic (exact) mass is 561 g/mol. The van der Waals surface area contributed by atoms with Crippen LogP contribution in [0.3, 0.4) is 0 Å². The molecule has 1 fully saturated rings. The van der Waals surface area contributed by atoms with E-state index in [4.69, 9.17) is 4.89 Å². The molecule has 206 valence electrons. The molecule has 2 N–H and O–H groups in total. The second-order valence-electron chi connectivity index (χ2n) is 9.59. The summed E-state index contributed by atoms with van der Waals surface area (Å²) in [6, 6.07) is 12.4. The van der Waals surface area contributed by atoms with E-state index in [0.717, 1.165) is 56.0 Å². The molecule has 0 saturated heterocycles. The van der Waals surface area contributed by atoms with Crippen LogP contribution in [0.5, 0.6) is 0 Å². The van der Waals surface area contributed by atoms with Crippen molar-refractivity contribution in [2.45, 2.75) is 80.8 Å². The van der Waals surface area contributed by atoms with E-state index < -0.39 is 25.8 Å². The number of hydrogen-bond acceptors (Lipinski definition) is 4. The quantitative estimate of drug-likeness (QED) is 0.106. The summed E-state index contributed by atoms with van der Waals surface area (Å²) in [4.78, 5) is 8.53. The minimum absolute atomic E-state index is 0.0413. The first-order chi connectivity index (χ1) is 17.7. The molecule has 1 aliphatic carbocycles. The molecule has 2 aromatic carbocycles. The van der Waals surface area contributed by atoms with Gasteiger partial charge in [0.25, 0.3) is 0 Å². The SMILES string of the molecule is O=[PH](O)OCCCNCc1cc(C(F)(F)F)c(SCCCCC2(c3ccccc3)CCCCC2)cc1F. The van der Waals surface area contributed by atoms with Crippen molar-refractivity contribution in [1.29, 1.82) is 0 Å². The molecule has 0 heterocycles. The van der Waals surface area contributed by atoms with Crippen LogP contribution in [0.1, 0.15) is 74.5 Å². The van der Waals surface area contributed by atoms with E-state index in [2.05, 4.69) is 34.1 Å². The topological polar surface area (TPSA) is 58.6 Å². The molecule has 1 unspecified atom stereocenters. The number of halogens is 4. The van der Waals surface area contributed by atoms with Crippen molar-refractivity contribution in [1.82, 2.24) is 5.32 Å². The third-order valence-electron chi connectivity index (χ3n) is 7.00. The first-order valence-corrected chi connectivity index (χ1v) is 15.1. The fourth-order valence-corrected chi connectivity index (χ4v) is 6.51. The summed E-state index contributed by atoms with van der Waals surface area (Å²) in [5, 5.41) is 2.86. The zero-order valence-electron chi connectivity index (χ0n) is 20.9. The van der Waals surface area contributed by atoms with Crippen molar-refractivity contribution >= 4 is 20.0 Å². The number of benzene rings is 2. The van der Waals surface area contributed by atoms with Crippen LogP contribution < -0.4 is 5.32 Å². The molecule has 1 atom stereocenters. The van der Waals surface area contributed by atoms with Crippen molar-refractivity contribution in [3.05, 3.63) is 65.0 Å². The highest BCUT2D eigenvalue weighted by atomic mass is 32.2. The molecule has 0 aliphatic heterocycles. The fraction of sp³-hybridized carbons (Fsp3) is 0.556. The average Bonchev–Trinajstić information content (AvgIpc) is 2.87. The molecule has 37 heavy (non-hydrogen) atoms. The number of rotatable bonds is 14. The van der Waals surface area contributed by atoms with Crippen LogP contribution in [0, 0.1) is 5.82 Å². The number of alkyl halides is 3. The Balaban J connectivity index is 1.55. The minimum atomic E-state index is -4.58. The maximum Gasteiger partial charge on any atom is 0.417 e. The standard InChI is InChI=1S/C27H36F4NO3PS/c28-24-19-25(23(27(29,30)31)18-21(24)20-32-15-9-16-35-36(33)34)37-17-8-7-14-26(12-5-2-6-13-26)22-10-3-1-4-11-22/h1,3-4,10-11,18-19,32,36H,2,5-9,12-17,20H2,(H,33,34). The van der Waals surface area contributed by atoms with Crippen molar-refractivity contribution in [3.8, 4) is 0 Å². The molecule has 0 bridgehead atoms. The largest absolute Gasteiger partial charge is 0.417 e. The zero-order chi connectivity index (χ0) is 26.7. The Labute approximate surface area is 221 Å². The molecule has 1 aliphatic rings. The number of nitrogens with one attached hydrogen (secondary N) is 1. The normalized spacial score (nSPS) is 16.6. The Morgan fingerprint density at radius 2 is 1.78 bits per heavy atom. The Morgan fingerprint density at radius 3 is 2.46 bits per heavy atom. The highest BCUT2D eigenvalue weighted by Crippen LogP contribution is 2.44. The van der Waals surface area contributed by atoms with E-state index in [9.17, 15) is 22.1 Å². The van der Waals surface area contributed by atoms with Gasteiger partial charge in [-0.15, -0.1) is 11.8 Å². The van der Waals surface area contributed by atoms with Gasteiger partial charge in [0.2, 0.25) is 0 Å². The van der Waals surface area contributed by atoms with Gasteiger partial charge in [0.1, 0.15) is 5.82 Å². The summed E-state index contributed by atoms with van der Waals surface area (Å²) >= 11 is 1.07. The van der Waals surface area contributed by atoms with Crippen molar-refractivity contribution in [2.75, 3.05) is 18.9 Å². The van der Waals surface area contributed by atoms with Gasteiger partial charge in [-0.2, -0.15) is 13.2 Å². The molecule has 10 heteroatoms. The van der Waals surface area contributed by atoms with Crippen LogP contribution >= 0.6 is 20.0 Å². The third kappa shape index (κ3) is 9.39. The highest BCUT2D eigenvalue weighted by molar-refractivity contribution is 7.99. The van der Waals surface area contributed by atoms with E-state index in [1.165, 1.54) is 24.8 Å². The lowest BCUT2D eigenvalue weighted by Crippen LogP contribution is -2.29. The second-order valence-corrected chi connectivity index (χ2v) is 11.6. The number of unbranched alkanes of at least 4 members (excludes halogenated alkanes) is 1. The van der Waals surface area contributed by atoms with E-state index in [0.29, 0.717) is 18.7 Å². The predicted octanol–water partition coefficient (Wildman–Crippen LogP) is 7.89. The van der Waals surface area contributed by atoms with Gasteiger partial charge in [-0.05, 0) is 67.5 Å². The van der Waals surface area contributed by atoms with Crippen LogP contribution in [0.4, 0.5) is 17.6 Å². The molecule has 2 aromatic rings. The summed E-state index contributed by atoms with van der Waals surface area (Å²) in [6.45, 7) is 0.284. The first-order valence-electron chi connectivity index (χ1n) is 12.9. The fourth-order valence-electron chi connectivity index (χ4n) is 5.11. The van der Waals surface area contributed by atoms with Crippen LogP contribution in [0.25, 0.3) is 0 Å². The van der Waals surface area contributed by atoms with Gasteiger partial charge in [-0.1, -0.05) is 56.0 Å². The summed E-state index contributed by atoms with van der Waals surface area (Å²) in [5.41, 5.74) is 0.649. The molecule has 0 amide bonds. The van der Waals surface area contributed by atoms with E-state index >= 15 is 0 Å². The molecular weight excluding hydrogens is 525 g/mol. The number of thioether (sulfide) groups is 1. The zero-order valence-corrected chi connectivity index (χ0v) is 22.7. The van der Waals surface area contributed by atoms with Crippen LogP contribution in [0.15, 0.2) is 47.4 Å². The Hall–Kier alpha value is -1.38. The lowest BCUT2D eigenvalue weighted by atomic mass is 9.67. The van der Waals surface area contributed by atoms with E-state index in [-0.39, 0.29) is 29.0 Å². The smallest absolute Gasteiger partial charge is 0.326 e. The van der Waals surface area contributed by atoms with Gasteiger partial charge in [-0.25, -0.2) is 4.39 Å². The van der Waals surface area contributed by atoms with Gasteiger partial charge in [0, 0.05) is 17.0 Å². The molecule has 3 rings (SSSR count). The van der Waals surface area contributed by atoms with Crippen molar-refractivity contribution < 1.29 is 31.5 Å². The first kappa shape index (κ1) is 30.2. The van der Waals surface area contributed by atoms with Crippen molar-refractivity contribution in [3.63, 3.8) is 0 Å². The molecule has 1 saturated carbocycles. The molecule has 0 aromatic heterocycles. The molecular formula is C27H36F4NO3PS. The maximum absolute atomic E-state index is 14.6. The molecule has 4 nitrogen and oxygen atoms in total. The number of hydrogen-bond donors (Lipinski definition) is 2. The Bertz CT molecular complexity index is 1000. The van der Waals surface area contributed by atoms with Gasteiger partial charge in [0.15, 0.2) is 0 Å². The van der Waals surface area contributed by atoms with Crippen LogP contribution in [0.2, 0.25) is 0 Å². The molecule has 0 radical (unpaired) electrons. The predicted molar refractivity (Wildman–Crippen MR) is 141 cm³/mol. The van der Waals surface area contributed by atoms with Gasteiger partial charge < -0.3 is 14.7 Å². The van der Waals surface area contributed by atoms with Crippen LogP contribution in [-0.4, -0.2) is 23.8 Å². The van der Waals surface area contributed by atoms with Gasteiger partial charge >= 0.3 is 14.4 Å². The van der Waals surface area contributed by atoms with E-state index in [1.807, 2.05) is 6.07 Å². The van der Waals surface area contributed by atoms with Crippen molar-refractivity contribution in [2.24, 2.45) is 0 Å². The highest BCUT2D eigenvalue weighted by Gasteiger charge is 2.35.